The molecule has 0 bridgehead atoms. The van der Waals surface area contributed by atoms with Gasteiger partial charge >= 0.3 is 24.0 Å². The minimum Gasteiger partial charge on any atom is -0.444 e. The molecule has 3 amide bonds. The van der Waals surface area contributed by atoms with Gasteiger partial charge in [-0.25, -0.2) is 19.2 Å². The van der Waals surface area contributed by atoms with Crippen molar-refractivity contribution in [1.82, 2.24) is 25.5 Å². The summed E-state index contributed by atoms with van der Waals surface area (Å²) in [7, 11) is 0. The largest absolute Gasteiger partial charge is 0.444 e. The average molecular weight is 825 g/mol. The van der Waals surface area contributed by atoms with Gasteiger partial charge in [0.2, 0.25) is 11.5 Å². The molecule has 328 valence electrons. The Hall–Kier alpha value is -4.62. The van der Waals surface area contributed by atoms with Crippen molar-refractivity contribution in [2.45, 2.75) is 157 Å². The lowest BCUT2D eigenvalue weighted by molar-refractivity contribution is -0.193. The summed E-state index contributed by atoms with van der Waals surface area (Å²) in [4.78, 5) is 105. The van der Waals surface area contributed by atoms with Gasteiger partial charge in [-0.05, 0) is 86.1 Å². The highest BCUT2D eigenvalue weighted by Crippen LogP contribution is 2.54. The molecule has 19 heteroatoms. The van der Waals surface area contributed by atoms with E-state index in [-0.39, 0.29) is 5.82 Å². The highest BCUT2D eigenvalue weighted by molar-refractivity contribution is 6.18. The van der Waals surface area contributed by atoms with Crippen LogP contribution in [0.25, 0.3) is 0 Å². The van der Waals surface area contributed by atoms with Crippen molar-refractivity contribution in [3.8, 4) is 0 Å². The van der Waals surface area contributed by atoms with E-state index in [1.54, 1.807) is 62.3 Å². The Labute approximate surface area is 339 Å². The number of rotatable bonds is 14. The van der Waals surface area contributed by atoms with Crippen LogP contribution < -0.4 is 27.4 Å². The van der Waals surface area contributed by atoms with Crippen LogP contribution >= 0.6 is 0 Å². The molecule has 0 aromatic carbocycles. The first-order valence-electron chi connectivity index (χ1n) is 19.2. The summed E-state index contributed by atoms with van der Waals surface area (Å²) in [6.45, 7) is 21.9. The summed E-state index contributed by atoms with van der Waals surface area (Å²) in [6, 6.07) is -4.31. The number of aliphatic hydroxyl groups is 2. The third-order valence-corrected chi connectivity index (χ3v) is 8.97. The third kappa shape index (κ3) is 10.9. The topological polar surface area (TPSA) is 277 Å². The fourth-order valence-corrected chi connectivity index (χ4v) is 6.62. The monoisotopic (exact) mass is 824 g/mol. The van der Waals surface area contributed by atoms with Gasteiger partial charge in [-0.3, -0.25) is 19.0 Å². The van der Waals surface area contributed by atoms with Crippen molar-refractivity contribution >= 4 is 41.4 Å². The van der Waals surface area contributed by atoms with E-state index >= 15 is 14.4 Å². The lowest BCUT2D eigenvalue weighted by Crippen LogP contribution is -2.74. The molecule has 1 aromatic heterocycles. The van der Waals surface area contributed by atoms with Gasteiger partial charge in [0.25, 0.3) is 0 Å². The van der Waals surface area contributed by atoms with Gasteiger partial charge in [-0.2, -0.15) is 4.98 Å². The molecule has 19 nitrogen and oxygen atoms in total. The second-order valence-electron chi connectivity index (χ2n) is 18.4. The molecule has 3 unspecified atom stereocenters. The number of nitrogens with one attached hydrogen (secondary N) is 3. The second-order valence-corrected chi connectivity index (χ2v) is 18.4. The van der Waals surface area contributed by atoms with Crippen LogP contribution in [0.3, 0.4) is 0 Å². The van der Waals surface area contributed by atoms with Gasteiger partial charge in [-0.15, -0.1) is 0 Å². The maximum Gasteiger partial charge on any atom is 0.408 e. The van der Waals surface area contributed by atoms with Crippen molar-refractivity contribution in [1.29, 1.82) is 0 Å². The second kappa shape index (κ2) is 18.1. The van der Waals surface area contributed by atoms with Crippen LogP contribution in [-0.2, 0) is 39.1 Å². The van der Waals surface area contributed by atoms with E-state index in [0.717, 1.165) is 12.3 Å². The minimum absolute atomic E-state index is 0.352. The SMILES string of the molecule is CC(C)C(NC(=O)OC(C)(C)C)C(=O)C1(C(=O)C(NC(=O)OC(C)(C)C)C(C)C)[C@H](O)[C@@H](CO)O[C@@]1(C(=O)C(NC(=O)OC(C)(C)C)C(C)C)n1ccc(N)nc1=O. The summed E-state index contributed by atoms with van der Waals surface area (Å²) >= 11 is 0. The van der Waals surface area contributed by atoms with E-state index in [1.165, 1.54) is 41.5 Å². The standard InChI is InChI=1S/C39H64N6O13/c1-19(2)24(42-32(52)56-35(7,8)9)28(48)38(29(49)25(20(3)4)43-33(53)57-36(10,11)12)27(47)22(18-46)55-39(38,45-17-16-23(40)41-31(45)51)30(50)26(21(5)6)44-34(54)58-37(13,14)15/h16-17,19-22,24-27,46-47H,18H2,1-15H3,(H,42,52)(H,43,53)(H,44,54)(H2,40,41,51)/t22-,24?,25?,26?,27-,38?,39-/m1/s1. The molecule has 0 spiro atoms. The fraction of sp³-hybridized carbons (Fsp3) is 0.744. The van der Waals surface area contributed by atoms with Gasteiger partial charge in [0.1, 0.15) is 34.8 Å². The normalized spacial score (nSPS) is 22.8. The summed E-state index contributed by atoms with van der Waals surface area (Å²) in [5.41, 5.74) is -5.44. The molecular formula is C39H64N6O13. The van der Waals surface area contributed by atoms with Gasteiger partial charge < -0.3 is 50.8 Å². The van der Waals surface area contributed by atoms with Crippen LogP contribution in [0.15, 0.2) is 17.1 Å². The van der Waals surface area contributed by atoms with Crippen molar-refractivity contribution in [2.75, 3.05) is 12.3 Å². The first-order valence-corrected chi connectivity index (χ1v) is 19.2. The number of ether oxygens (including phenoxy) is 4. The Morgan fingerprint density at radius 1 is 0.741 bits per heavy atom. The Balaban J connectivity index is 3.36. The summed E-state index contributed by atoms with van der Waals surface area (Å²) < 4.78 is 23.1. The van der Waals surface area contributed by atoms with Crippen molar-refractivity contribution in [3.05, 3.63) is 22.7 Å². The lowest BCUT2D eigenvalue weighted by atomic mass is 9.59. The quantitative estimate of drug-likeness (QED) is 0.116. The Morgan fingerprint density at radius 3 is 1.38 bits per heavy atom. The Morgan fingerprint density at radius 2 is 1.09 bits per heavy atom. The smallest absolute Gasteiger partial charge is 0.408 e. The summed E-state index contributed by atoms with van der Waals surface area (Å²) in [5, 5.41) is 30.7. The van der Waals surface area contributed by atoms with Gasteiger partial charge in [0, 0.05) is 6.20 Å². The van der Waals surface area contributed by atoms with Crippen LogP contribution in [0, 0.1) is 23.2 Å². The molecule has 1 aromatic rings. The molecule has 1 fully saturated rings. The first kappa shape index (κ1) is 49.5. The van der Waals surface area contributed by atoms with Gasteiger partial charge in [0.05, 0.1) is 24.7 Å². The van der Waals surface area contributed by atoms with Crippen LogP contribution in [0.1, 0.15) is 104 Å². The fourth-order valence-electron chi connectivity index (χ4n) is 6.62. The Kier molecular flexibility index (Phi) is 15.5. The number of nitrogens with two attached hydrogens (primary N) is 1. The van der Waals surface area contributed by atoms with Crippen LogP contribution in [0.5, 0.6) is 0 Å². The zero-order valence-electron chi connectivity index (χ0n) is 36.3. The number of carbonyl (C=O) groups excluding carboxylic acids is 6. The number of carbonyl (C=O) groups is 6. The molecule has 58 heavy (non-hydrogen) atoms. The lowest BCUT2D eigenvalue weighted by Gasteiger charge is -2.47. The van der Waals surface area contributed by atoms with E-state index in [1.807, 2.05) is 0 Å². The van der Waals surface area contributed by atoms with E-state index in [4.69, 9.17) is 24.7 Å². The predicted molar refractivity (Wildman–Crippen MR) is 210 cm³/mol. The third-order valence-electron chi connectivity index (χ3n) is 8.97. The molecule has 1 aliphatic heterocycles. The van der Waals surface area contributed by atoms with Crippen LogP contribution in [0.4, 0.5) is 20.2 Å². The summed E-state index contributed by atoms with van der Waals surface area (Å²) in [6.07, 6.45) is -6.95. The number of nitrogens with zero attached hydrogens (tertiary/aromatic N) is 2. The number of alkyl carbamates (subject to hydrolysis) is 3. The van der Waals surface area contributed by atoms with E-state index in [2.05, 4.69) is 20.9 Å². The molecule has 1 saturated heterocycles. The summed E-state index contributed by atoms with van der Waals surface area (Å²) in [5.74, 6) is -7.24. The zero-order chi connectivity index (χ0) is 45.1. The molecule has 1 aliphatic rings. The maximum atomic E-state index is 15.9. The maximum absolute atomic E-state index is 15.9. The number of hydrogen-bond acceptors (Lipinski definition) is 15. The number of ketones is 3. The van der Waals surface area contributed by atoms with E-state index in [0.29, 0.717) is 4.57 Å². The van der Waals surface area contributed by atoms with E-state index < -0.39 is 124 Å². The molecule has 2 heterocycles. The molecule has 0 aliphatic carbocycles. The molecular weight excluding hydrogens is 760 g/mol. The van der Waals surface area contributed by atoms with Gasteiger partial charge in [-0.1, -0.05) is 41.5 Å². The average Bonchev–Trinajstić information content (AvgIpc) is 3.30. The number of amides is 3. The molecule has 0 saturated carbocycles. The number of nitrogen functional groups attached to an aromatic ring is 1. The van der Waals surface area contributed by atoms with Gasteiger partial charge in [0.15, 0.2) is 17.0 Å². The number of Topliss-reactive ketones (excluding diaryl/α,β-unsaturated/α-hetero) is 3. The Bertz CT molecular complexity index is 1700. The molecule has 7 N–H and O–H groups in total. The van der Waals surface area contributed by atoms with E-state index in [9.17, 15) is 29.4 Å². The first-order chi connectivity index (χ1) is 26.3. The molecule has 0 radical (unpaired) electrons. The van der Waals surface area contributed by atoms with Crippen molar-refractivity contribution in [3.63, 3.8) is 0 Å². The zero-order valence-corrected chi connectivity index (χ0v) is 36.3. The highest BCUT2D eigenvalue weighted by Gasteiger charge is 2.79. The predicted octanol–water partition coefficient (Wildman–Crippen LogP) is 2.57. The number of hydrogen-bond donors (Lipinski definition) is 6. The molecule has 2 rings (SSSR count). The minimum atomic E-state index is -3.37. The highest BCUT2D eigenvalue weighted by atomic mass is 16.6. The van der Waals surface area contributed by atoms with Crippen LogP contribution in [-0.4, -0.2) is 109 Å². The number of aliphatic hydroxyl groups excluding tert-OH is 2. The van der Waals surface area contributed by atoms with Crippen molar-refractivity contribution < 1.29 is 57.9 Å². The van der Waals surface area contributed by atoms with Crippen LogP contribution in [0.2, 0.25) is 0 Å². The number of aromatic nitrogens is 2. The number of anilines is 1. The van der Waals surface area contributed by atoms with Crippen molar-refractivity contribution in [2.24, 2.45) is 23.2 Å². The molecule has 6 atom stereocenters.